The van der Waals surface area contributed by atoms with Crippen LogP contribution in [0.15, 0.2) is 0 Å². The second-order valence-electron chi connectivity index (χ2n) is 10.3. The van der Waals surface area contributed by atoms with Gasteiger partial charge in [-0.05, 0) is 63.2 Å². The smallest absolute Gasteiger partial charge is 0.331 e. The Morgan fingerprint density at radius 2 is 1.42 bits per heavy atom. The van der Waals surface area contributed by atoms with E-state index in [0.717, 1.165) is 50.4 Å². The van der Waals surface area contributed by atoms with Crippen molar-refractivity contribution in [1.82, 2.24) is 0 Å². The molecule has 176 valence electrons. The maximum atomic E-state index is 12.9. The van der Waals surface area contributed by atoms with Crippen molar-refractivity contribution in [3.05, 3.63) is 0 Å². The molecule has 2 saturated carbocycles. The molecule has 0 bridgehead atoms. The molecule has 5 nitrogen and oxygen atoms in total. The number of nitriles is 1. The van der Waals surface area contributed by atoms with E-state index in [2.05, 4.69) is 19.9 Å². The average molecular weight is 434 g/mol. The Morgan fingerprint density at radius 3 is 1.90 bits per heavy atom. The standard InChI is InChI=1S/C26H43NO4/c1-3-5-7-20-9-13-22(14-10-20)24-29-18-26(17-27,19-30-24)25(28)31-23-15-11-21(12-16-23)8-6-4-2/h20-24H,3-16,18-19H2,1-2H3/t20?,21?,22?,23?,24-,26+. The van der Waals surface area contributed by atoms with Gasteiger partial charge in [0.2, 0.25) is 5.41 Å². The predicted octanol–water partition coefficient (Wildman–Crippen LogP) is 6.16. The van der Waals surface area contributed by atoms with Crippen molar-refractivity contribution in [3.8, 4) is 6.07 Å². The van der Waals surface area contributed by atoms with Crippen molar-refractivity contribution >= 4 is 5.97 Å². The first-order valence-corrected chi connectivity index (χ1v) is 13.0. The van der Waals surface area contributed by atoms with Crippen LogP contribution in [0.2, 0.25) is 0 Å². The van der Waals surface area contributed by atoms with Crippen molar-refractivity contribution in [2.75, 3.05) is 13.2 Å². The third-order valence-electron chi connectivity index (χ3n) is 7.87. The molecule has 5 heteroatoms. The van der Waals surface area contributed by atoms with Gasteiger partial charge in [-0.2, -0.15) is 5.26 Å². The largest absolute Gasteiger partial charge is 0.461 e. The van der Waals surface area contributed by atoms with Crippen LogP contribution in [0.5, 0.6) is 0 Å². The van der Waals surface area contributed by atoms with Crippen molar-refractivity contribution < 1.29 is 19.0 Å². The molecule has 2 aliphatic carbocycles. The maximum absolute atomic E-state index is 12.9. The Morgan fingerprint density at radius 1 is 0.903 bits per heavy atom. The normalized spacial score (nSPS) is 36.5. The van der Waals surface area contributed by atoms with Gasteiger partial charge in [0.05, 0.1) is 19.3 Å². The molecule has 0 radical (unpaired) electrons. The predicted molar refractivity (Wildman–Crippen MR) is 120 cm³/mol. The van der Waals surface area contributed by atoms with Crippen LogP contribution in [0.3, 0.4) is 0 Å². The lowest BCUT2D eigenvalue weighted by atomic mass is 9.79. The van der Waals surface area contributed by atoms with Crippen molar-refractivity contribution in [3.63, 3.8) is 0 Å². The molecule has 3 rings (SSSR count). The lowest BCUT2D eigenvalue weighted by molar-refractivity contribution is -0.247. The fourth-order valence-corrected chi connectivity index (χ4v) is 5.58. The zero-order valence-electron chi connectivity index (χ0n) is 19.8. The highest BCUT2D eigenvalue weighted by molar-refractivity contribution is 5.80. The maximum Gasteiger partial charge on any atom is 0.331 e. The summed E-state index contributed by atoms with van der Waals surface area (Å²) in [6.45, 7) is 4.66. The number of ether oxygens (including phenoxy) is 3. The molecule has 3 fully saturated rings. The fraction of sp³-hybridized carbons (Fsp3) is 0.923. The summed E-state index contributed by atoms with van der Waals surface area (Å²) in [5, 5.41) is 9.78. The zero-order valence-corrected chi connectivity index (χ0v) is 19.8. The molecular formula is C26H43NO4. The minimum absolute atomic E-state index is 0.0632. The number of carbonyl (C=O) groups excluding carboxylic acids is 1. The molecule has 31 heavy (non-hydrogen) atoms. The highest BCUT2D eigenvalue weighted by Gasteiger charge is 2.48. The zero-order chi connectivity index (χ0) is 22.1. The molecule has 1 aliphatic heterocycles. The Bertz CT molecular complexity index is 577. The van der Waals surface area contributed by atoms with E-state index in [4.69, 9.17) is 14.2 Å². The van der Waals surface area contributed by atoms with Crippen LogP contribution < -0.4 is 0 Å². The first-order valence-electron chi connectivity index (χ1n) is 13.0. The van der Waals surface area contributed by atoms with E-state index < -0.39 is 11.4 Å². The van der Waals surface area contributed by atoms with Gasteiger partial charge < -0.3 is 14.2 Å². The Labute approximate surface area is 189 Å². The minimum Gasteiger partial charge on any atom is -0.461 e. The lowest BCUT2D eigenvalue weighted by Gasteiger charge is -2.40. The lowest BCUT2D eigenvalue weighted by Crippen LogP contribution is -2.50. The van der Waals surface area contributed by atoms with Crippen LogP contribution in [0.4, 0.5) is 0 Å². The van der Waals surface area contributed by atoms with Gasteiger partial charge in [0, 0.05) is 5.92 Å². The molecule has 0 spiro atoms. The molecule has 0 N–H and O–H groups in total. The van der Waals surface area contributed by atoms with Crippen LogP contribution in [-0.4, -0.2) is 31.6 Å². The molecule has 1 heterocycles. The summed E-state index contributed by atoms with van der Waals surface area (Å²) >= 11 is 0. The van der Waals surface area contributed by atoms with Crippen LogP contribution in [0.25, 0.3) is 0 Å². The summed E-state index contributed by atoms with van der Waals surface area (Å²) in [5.74, 6) is 1.53. The van der Waals surface area contributed by atoms with Gasteiger partial charge in [0.25, 0.3) is 0 Å². The molecule has 0 aromatic heterocycles. The van der Waals surface area contributed by atoms with E-state index in [9.17, 15) is 10.1 Å². The van der Waals surface area contributed by atoms with Crippen molar-refractivity contribution in [2.45, 2.75) is 116 Å². The third kappa shape index (κ3) is 6.68. The molecule has 0 amide bonds. The second-order valence-corrected chi connectivity index (χ2v) is 10.3. The molecule has 0 atom stereocenters. The average Bonchev–Trinajstić information content (AvgIpc) is 2.82. The number of hydrogen-bond donors (Lipinski definition) is 0. The van der Waals surface area contributed by atoms with E-state index in [-0.39, 0.29) is 25.6 Å². The van der Waals surface area contributed by atoms with E-state index in [1.165, 1.54) is 51.4 Å². The van der Waals surface area contributed by atoms with E-state index in [1.54, 1.807) is 0 Å². The molecule has 0 unspecified atom stereocenters. The van der Waals surface area contributed by atoms with Gasteiger partial charge in [0.15, 0.2) is 6.29 Å². The third-order valence-corrected chi connectivity index (χ3v) is 7.87. The summed E-state index contributed by atoms with van der Waals surface area (Å²) in [6, 6.07) is 2.17. The van der Waals surface area contributed by atoms with Crippen LogP contribution in [0, 0.1) is 34.5 Å². The number of esters is 1. The van der Waals surface area contributed by atoms with Gasteiger partial charge in [-0.25, -0.2) is 0 Å². The highest BCUT2D eigenvalue weighted by atomic mass is 16.7. The summed E-state index contributed by atoms with van der Waals surface area (Å²) in [6.07, 6.45) is 16.1. The Balaban J connectivity index is 1.42. The Hall–Kier alpha value is -1.12. The molecule has 1 saturated heterocycles. The van der Waals surface area contributed by atoms with Gasteiger partial charge in [-0.3, -0.25) is 4.79 Å². The van der Waals surface area contributed by atoms with Crippen LogP contribution in [-0.2, 0) is 19.0 Å². The summed E-state index contributed by atoms with van der Waals surface area (Å²) < 4.78 is 17.7. The number of carbonyl (C=O) groups is 1. The van der Waals surface area contributed by atoms with Gasteiger partial charge in [0.1, 0.15) is 6.10 Å². The minimum atomic E-state index is -1.31. The quantitative estimate of drug-likeness (QED) is 0.407. The van der Waals surface area contributed by atoms with Gasteiger partial charge in [-0.1, -0.05) is 52.4 Å². The first kappa shape index (κ1) is 24.5. The van der Waals surface area contributed by atoms with Gasteiger partial charge in [-0.15, -0.1) is 0 Å². The van der Waals surface area contributed by atoms with E-state index in [1.807, 2.05) is 0 Å². The van der Waals surface area contributed by atoms with Crippen LogP contribution in [0.1, 0.15) is 104 Å². The SMILES string of the molecule is CCCCC1CCC(OC(=O)[C@]2(C#N)CO[C@H](C3CCC(CCCC)CC3)OC2)CC1. The monoisotopic (exact) mass is 433 g/mol. The van der Waals surface area contributed by atoms with Gasteiger partial charge >= 0.3 is 5.97 Å². The first-order chi connectivity index (χ1) is 15.1. The van der Waals surface area contributed by atoms with E-state index >= 15 is 0 Å². The molecule has 3 aliphatic rings. The van der Waals surface area contributed by atoms with E-state index in [0.29, 0.717) is 5.92 Å². The molecule has 0 aromatic carbocycles. The van der Waals surface area contributed by atoms with Crippen molar-refractivity contribution in [2.24, 2.45) is 23.2 Å². The molecule has 0 aromatic rings. The second kappa shape index (κ2) is 12.2. The summed E-state index contributed by atoms with van der Waals surface area (Å²) in [7, 11) is 0. The number of rotatable bonds is 9. The molecular weight excluding hydrogens is 390 g/mol. The van der Waals surface area contributed by atoms with Crippen LogP contribution >= 0.6 is 0 Å². The summed E-state index contributed by atoms with van der Waals surface area (Å²) in [4.78, 5) is 12.9. The fourth-order valence-electron chi connectivity index (χ4n) is 5.58. The summed E-state index contributed by atoms with van der Waals surface area (Å²) in [5.41, 5.74) is -1.31. The number of hydrogen-bond acceptors (Lipinski definition) is 5. The topological polar surface area (TPSA) is 68.6 Å². The number of unbranched alkanes of at least 4 members (excludes halogenated alkanes) is 2. The Kier molecular flexibility index (Phi) is 9.66. The highest BCUT2D eigenvalue weighted by Crippen LogP contribution is 2.38. The van der Waals surface area contributed by atoms with Crippen molar-refractivity contribution in [1.29, 1.82) is 5.26 Å². The number of nitrogens with zero attached hydrogens (tertiary/aromatic N) is 1.